The molecule has 0 fully saturated rings. The summed E-state index contributed by atoms with van der Waals surface area (Å²) in [5.74, 6) is 1.02. The molecule has 0 aromatic carbocycles. The first-order valence-electron chi connectivity index (χ1n) is 4.08. The summed E-state index contributed by atoms with van der Waals surface area (Å²) < 4.78 is 5.75. The molecule has 78 valence electrons. The van der Waals surface area contributed by atoms with Crippen LogP contribution >= 0.6 is 27.5 Å². The van der Waals surface area contributed by atoms with E-state index in [2.05, 4.69) is 31.2 Å². The molecule has 0 aliphatic rings. The van der Waals surface area contributed by atoms with Gasteiger partial charge >= 0.3 is 0 Å². The zero-order valence-corrected chi connectivity index (χ0v) is 10.3. The second-order valence-electron chi connectivity index (χ2n) is 2.71. The van der Waals surface area contributed by atoms with Crippen molar-refractivity contribution >= 4 is 33.5 Å². The fraction of sp³-hybridized carbons (Fsp3) is 0.500. The molecular weight excluding hydrogens is 269 g/mol. The number of nitrogens with zero attached hydrogens (tertiary/aromatic N) is 2. The van der Waals surface area contributed by atoms with Gasteiger partial charge in [-0.25, -0.2) is 4.98 Å². The summed E-state index contributed by atoms with van der Waals surface area (Å²) in [5.41, 5.74) is 0. The Morgan fingerprint density at radius 3 is 3.00 bits per heavy atom. The van der Waals surface area contributed by atoms with Gasteiger partial charge in [-0.3, -0.25) is 0 Å². The lowest BCUT2D eigenvalue weighted by molar-refractivity contribution is 0.394. The van der Waals surface area contributed by atoms with E-state index >= 15 is 0 Å². The summed E-state index contributed by atoms with van der Waals surface area (Å²) in [5, 5.41) is 3.03. The molecule has 0 saturated heterocycles. The van der Waals surface area contributed by atoms with E-state index in [-0.39, 0.29) is 5.38 Å². The molecule has 4 nitrogen and oxygen atoms in total. The quantitative estimate of drug-likeness (QED) is 0.860. The van der Waals surface area contributed by atoms with Crippen LogP contribution in [0, 0.1) is 0 Å². The van der Waals surface area contributed by atoms with Crippen molar-refractivity contribution in [1.29, 1.82) is 0 Å². The summed E-state index contributed by atoms with van der Waals surface area (Å²) >= 11 is 9.04. The van der Waals surface area contributed by atoms with Gasteiger partial charge in [0.1, 0.15) is 0 Å². The van der Waals surface area contributed by atoms with Gasteiger partial charge in [-0.05, 0) is 22.9 Å². The summed E-state index contributed by atoms with van der Waals surface area (Å²) in [4.78, 5) is 8.16. The molecule has 0 aliphatic carbocycles. The highest BCUT2D eigenvalue weighted by atomic mass is 79.9. The molecule has 1 aromatic heterocycles. The SMILES string of the molecule is COc1nc(NCC(C)Cl)ncc1Br. The third-order valence-electron chi connectivity index (χ3n) is 1.45. The largest absolute Gasteiger partial charge is 0.480 e. The Labute approximate surface area is 96.2 Å². The van der Waals surface area contributed by atoms with Gasteiger partial charge in [0, 0.05) is 11.9 Å². The highest BCUT2D eigenvalue weighted by Crippen LogP contribution is 2.21. The van der Waals surface area contributed by atoms with Crippen molar-refractivity contribution < 1.29 is 4.74 Å². The van der Waals surface area contributed by atoms with Crippen LogP contribution in [0.25, 0.3) is 0 Å². The first-order valence-corrected chi connectivity index (χ1v) is 5.31. The molecule has 0 amide bonds. The lowest BCUT2D eigenvalue weighted by Crippen LogP contribution is -2.12. The molecule has 0 radical (unpaired) electrons. The van der Waals surface area contributed by atoms with E-state index in [1.54, 1.807) is 13.3 Å². The minimum Gasteiger partial charge on any atom is -0.480 e. The van der Waals surface area contributed by atoms with Crippen LogP contribution in [0.1, 0.15) is 6.92 Å². The summed E-state index contributed by atoms with van der Waals surface area (Å²) in [6, 6.07) is 0. The Kier molecular flexibility index (Phi) is 4.41. The summed E-state index contributed by atoms with van der Waals surface area (Å²) in [6.45, 7) is 2.51. The number of hydrogen-bond donors (Lipinski definition) is 1. The molecule has 0 saturated carbocycles. The minimum absolute atomic E-state index is 0.0354. The maximum Gasteiger partial charge on any atom is 0.232 e. The van der Waals surface area contributed by atoms with Gasteiger partial charge in [0.05, 0.1) is 17.8 Å². The Balaban J connectivity index is 2.69. The molecule has 1 rings (SSSR count). The normalized spacial score (nSPS) is 12.3. The van der Waals surface area contributed by atoms with E-state index in [1.165, 1.54) is 0 Å². The van der Waals surface area contributed by atoms with E-state index in [9.17, 15) is 0 Å². The number of ether oxygens (including phenoxy) is 1. The third kappa shape index (κ3) is 3.31. The number of methoxy groups -OCH3 is 1. The standard InChI is InChI=1S/C8H11BrClN3O/c1-5(10)3-11-8-12-4-6(9)7(13-8)14-2/h4-5H,3H2,1-2H3,(H,11,12,13). The Morgan fingerprint density at radius 2 is 2.43 bits per heavy atom. The first kappa shape index (κ1) is 11.5. The van der Waals surface area contributed by atoms with E-state index in [0.29, 0.717) is 18.4 Å². The Morgan fingerprint density at radius 1 is 1.71 bits per heavy atom. The molecule has 1 heterocycles. The monoisotopic (exact) mass is 279 g/mol. The highest BCUT2D eigenvalue weighted by Gasteiger charge is 2.05. The maximum atomic E-state index is 5.77. The zero-order valence-electron chi connectivity index (χ0n) is 7.92. The predicted molar refractivity (Wildman–Crippen MR) is 60.1 cm³/mol. The van der Waals surface area contributed by atoms with Gasteiger partial charge in [-0.2, -0.15) is 4.98 Å². The van der Waals surface area contributed by atoms with Gasteiger partial charge in [-0.15, -0.1) is 11.6 Å². The molecule has 0 spiro atoms. The number of rotatable bonds is 4. The highest BCUT2D eigenvalue weighted by molar-refractivity contribution is 9.10. The van der Waals surface area contributed by atoms with E-state index in [1.807, 2.05) is 6.92 Å². The second-order valence-corrected chi connectivity index (χ2v) is 4.31. The number of aromatic nitrogens is 2. The summed E-state index contributed by atoms with van der Waals surface area (Å²) in [6.07, 6.45) is 1.63. The molecule has 1 aromatic rings. The van der Waals surface area contributed by atoms with Crippen LogP contribution < -0.4 is 10.1 Å². The van der Waals surface area contributed by atoms with Crippen LogP contribution in [0.5, 0.6) is 5.88 Å². The number of anilines is 1. The van der Waals surface area contributed by atoms with Crippen molar-refractivity contribution in [2.75, 3.05) is 19.0 Å². The van der Waals surface area contributed by atoms with E-state index in [0.717, 1.165) is 4.47 Å². The van der Waals surface area contributed by atoms with Crippen LogP contribution in [0.4, 0.5) is 5.95 Å². The lowest BCUT2D eigenvalue weighted by atomic mass is 10.5. The van der Waals surface area contributed by atoms with Crippen LogP contribution in [0.2, 0.25) is 0 Å². The van der Waals surface area contributed by atoms with Gasteiger partial charge in [-0.1, -0.05) is 0 Å². The first-order chi connectivity index (χ1) is 6.63. The molecule has 1 N–H and O–H groups in total. The Bertz CT molecular complexity index is 309. The fourth-order valence-electron chi connectivity index (χ4n) is 0.812. The van der Waals surface area contributed by atoms with Gasteiger partial charge in [0.25, 0.3) is 0 Å². The van der Waals surface area contributed by atoms with Crippen molar-refractivity contribution in [3.8, 4) is 5.88 Å². The molecule has 6 heteroatoms. The van der Waals surface area contributed by atoms with Crippen molar-refractivity contribution in [2.45, 2.75) is 12.3 Å². The molecule has 14 heavy (non-hydrogen) atoms. The number of hydrogen-bond acceptors (Lipinski definition) is 4. The molecule has 0 aliphatic heterocycles. The van der Waals surface area contributed by atoms with Crippen LogP contribution in [0.3, 0.4) is 0 Å². The smallest absolute Gasteiger partial charge is 0.232 e. The Hall–Kier alpha value is -0.550. The lowest BCUT2D eigenvalue weighted by Gasteiger charge is -2.07. The number of halogens is 2. The number of alkyl halides is 1. The fourth-order valence-corrected chi connectivity index (χ4v) is 1.24. The van der Waals surface area contributed by atoms with Crippen LogP contribution in [0.15, 0.2) is 10.7 Å². The zero-order chi connectivity index (χ0) is 10.6. The van der Waals surface area contributed by atoms with E-state index < -0.39 is 0 Å². The van der Waals surface area contributed by atoms with E-state index in [4.69, 9.17) is 16.3 Å². The van der Waals surface area contributed by atoms with Crippen molar-refractivity contribution in [3.05, 3.63) is 10.7 Å². The number of nitrogens with one attached hydrogen (secondary N) is 1. The maximum absolute atomic E-state index is 5.77. The van der Waals surface area contributed by atoms with Gasteiger partial charge < -0.3 is 10.1 Å². The van der Waals surface area contributed by atoms with Crippen molar-refractivity contribution in [3.63, 3.8) is 0 Å². The van der Waals surface area contributed by atoms with Crippen LogP contribution in [-0.4, -0.2) is 29.0 Å². The van der Waals surface area contributed by atoms with Crippen LogP contribution in [-0.2, 0) is 0 Å². The molecule has 1 atom stereocenters. The van der Waals surface area contributed by atoms with Gasteiger partial charge in [0.2, 0.25) is 11.8 Å². The average Bonchev–Trinajstić information content (AvgIpc) is 2.16. The third-order valence-corrected chi connectivity index (χ3v) is 2.14. The predicted octanol–water partition coefficient (Wildman–Crippen LogP) is 2.29. The van der Waals surface area contributed by atoms with Crippen molar-refractivity contribution in [2.24, 2.45) is 0 Å². The minimum atomic E-state index is 0.0354. The molecule has 1 unspecified atom stereocenters. The average molecular weight is 281 g/mol. The topological polar surface area (TPSA) is 47.0 Å². The van der Waals surface area contributed by atoms with Gasteiger partial charge in [0.15, 0.2) is 0 Å². The molecule has 0 bridgehead atoms. The van der Waals surface area contributed by atoms with Crippen molar-refractivity contribution in [1.82, 2.24) is 9.97 Å². The summed E-state index contributed by atoms with van der Waals surface area (Å²) in [7, 11) is 1.56. The second kappa shape index (κ2) is 5.36. The molecular formula is C8H11BrClN3O.